The van der Waals surface area contributed by atoms with Crippen LogP contribution in [0, 0.1) is 0 Å². The van der Waals surface area contributed by atoms with Crippen molar-refractivity contribution < 1.29 is 31.8 Å². The SMILES string of the molecule is CC1=C(/C=C/C(C)=C/C=C2/C(=O)c3ccc4cc(O)ccc4c3S2(=O)=O)S(=O)(=O)c2c1ccc1cc(O)ccc21. The van der Waals surface area contributed by atoms with Crippen LogP contribution in [0.5, 0.6) is 11.5 Å². The molecule has 2 aliphatic heterocycles. The minimum atomic E-state index is -4.11. The van der Waals surface area contributed by atoms with Gasteiger partial charge in [0.1, 0.15) is 16.4 Å². The van der Waals surface area contributed by atoms with Gasteiger partial charge in [-0.15, -0.1) is 0 Å². The van der Waals surface area contributed by atoms with Gasteiger partial charge in [-0.2, -0.15) is 0 Å². The third-order valence-electron chi connectivity index (χ3n) is 7.26. The maximum absolute atomic E-state index is 13.5. The lowest BCUT2D eigenvalue weighted by Crippen LogP contribution is -2.02. The van der Waals surface area contributed by atoms with Crippen molar-refractivity contribution in [1.29, 1.82) is 0 Å². The van der Waals surface area contributed by atoms with E-state index in [9.17, 15) is 31.8 Å². The van der Waals surface area contributed by atoms with Crippen molar-refractivity contribution in [3.8, 4) is 11.5 Å². The predicted molar refractivity (Wildman–Crippen MR) is 154 cm³/mol. The first-order valence-electron chi connectivity index (χ1n) is 12.3. The van der Waals surface area contributed by atoms with Gasteiger partial charge in [0.15, 0.2) is 0 Å². The molecule has 0 aromatic heterocycles. The average molecular weight is 571 g/mol. The van der Waals surface area contributed by atoms with Gasteiger partial charge in [-0.3, -0.25) is 4.79 Å². The molecule has 2 heterocycles. The number of carbonyl (C=O) groups is 1. The molecular formula is C31H22O7S2. The van der Waals surface area contributed by atoms with Crippen LogP contribution < -0.4 is 0 Å². The summed E-state index contributed by atoms with van der Waals surface area (Å²) in [6, 6.07) is 15.3. The van der Waals surface area contributed by atoms with Gasteiger partial charge in [0.05, 0.1) is 14.7 Å². The minimum Gasteiger partial charge on any atom is -0.508 e. The van der Waals surface area contributed by atoms with Crippen molar-refractivity contribution in [1.82, 2.24) is 0 Å². The molecule has 0 atom stereocenters. The Morgan fingerprint density at radius 2 is 1.30 bits per heavy atom. The van der Waals surface area contributed by atoms with E-state index in [0.29, 0.717) is 38.3 Å². The highest BCUT2D eigenvalue weighted by Crippen LogP contribution is 2.44. The molecule has 7 nitrogen and oxygen atoms in total. The van der Waals surface area contributed by atoms with E-state index in [-0.39, 0.29) is 36.7 Å². The molecule has 0 saturated carbocycles. The number of rotatable bonds is 3. The number of Topliss-reactive ketones (excluding diaryl/α,β-unsaturated/α-hetero) is 1. The molecule has 4 aromatic carbocycles. The Kier molecular flexibility index (Phi) is 5.65. The van der Waals surface area contributed by atoms with E-state index in [1.54, 1.807) is 44.2 Å². The second-order valence-electron chi connectivity index (χ2n) is 9.80. The molecule has 6 rings (SSSR count). The summed E-state index contributed by atoms with van der Waals surface area (Å²) in [5.74, 6) is -0.593. The number of carbonyl (C=O) groups excluding carboxylic acids is 1. The van der Waals surface area contributed by atoms with Crippen molar-refractivity contribution in [3.05, 3.63) is 111 Å². The lowest BCUT2D eigenvalue weighted by molar-refractivity contribution is 0.104. The monoisotopic (exact) mass is 570 g/mol. The van der Waals surface area contributed by atoms with Crippen LogP contribution in [0.3, 0.4) is 0 Å². The molecule has 0 unspecified atom stereocenters. The number of fused-ring (bicyclic) bond motifs is 6. The third kappa shape index (κ3) is 3.73. The fourth-order valence-corrected chi connectivity index (χ4v) is 9.00. The quantitative estimate of drug-likeness (QED) is 0.229. The number of hydrogen-bond donors (Lipinski definition) is 2. The number of allylic oxidation sites excluding steroid dienone is 7. The zero-order valence-electron chi connectivity index (χ0n) is 21.3. The van der Waals surface area contributed by atoms with Crippen LogP contribution >= 0.6 is 0 Å². The van der Waals surface area contributed by atoms with E-state index in [2.05, 4.69) is 0 Å². The molecule has 0 amide bonds. The summed E-state index contributed by atoms with van der Waals surface area (Å²) >= 11 is 0. The highest BCUT2D eigenvalue weighted by atomic mass is 32.2. The smallest absolute Gasteiger partial charge is 0.211 e. The highest BCUT2D eigenvalue weighted by Gasteiger charge is 2.40. The maximum atomic E-state index is 13.5. The molecule has 0 spiro atoms. The summed E-state index contributed by atoms with van der Waals surface area (Å²) in [5, 5.41) is 21.5. The topological polar surface area (TPSA) is 126 Å². The Morgan fingerprint density at radius 3 is 1.90 bits per heavy atom. The van der Waals surface area contributed by atoms with E-state index < -0.39 is 25.5 Å². The van der Waals surface area contributed by atoms with Gasteiger partial charge in [-0.05, 0) is 90.4 Å². The Balaban J connectivity index is 1.36. The minimum absolute atomic E-state index is 0.0134. The van der Waals surface area contributed by atoms with Crippen LogP contribution in [0.1, 0.15) is 29.8 Å². The van der Waals surface area contributed by atoms with Crippen LogP contribution in [-0.2, 0) is 19.7 Å². The molecule has 4 aromatic rings. The molecule has 200 valence electrons. The van der Waals surface area contributed by atoms with Crippen molar-refractivity contribution >= 4 is 52.6 Å². The normalized spacial score (nSPS) is 18.8. The number of phenols is 2. The highest BCUT2D eigenvalue weighted by molar-refractivity contribution is 7.97. The van der Waals surface area contributed by atoms with Crippen LogP contribution in [0.15, 0.2) is 110 Å². The molecular weight excluding hydrogens is 548 g/mol. The lowest BCUT2D eigenvalue weighted by Gasteiger charge is -2.06. The molecule has 40 heavy (non-hydrogen) atoms. The van der Waals surface area contributed by atoms with Gasteiger partial charge in [-0.1, -0.05) is 35.9 Å². The number of sulfone groups is 2. The number of aromatic hydroxyl groups is 2. The molecule has 0 bridgehead atoms. The Morgan fingerprint density at radius 1 is 0.750 bits per heavy atom. The first-order chi connectivity index (χ1) is 18.9. The number of hydrogen-bond acceptors (Lipinski definition) is 7. The summed E-state index contributed by atoms with van der Waals surface area (Å²) in [4.78, 5) is 12.9. The second kappa shape index (κ2) is 8.77. The summed E-state index contributed by atoms with van der Waals surface area (Å²) in [7, 11) is -7.96. The Hall–Kier alpha value is -4.47. The largest absolute Gasteiger partial charge is 0.508 e. The van der Waals surface area contributed by atoms with Crippen LogP contribution in [0.4, 0.5) is 0 Å². The zero-order chi connectivity index (χ0) is 28.6. The van der Waals surface area contributed by atoms with Gasteiger partial charge in [-0.25, -0.2) is 16.8 Å². The van der Waals surface area contributed by atoms with Crippen LogP contribution in [0.25, 0.3) is 27.1 Å². The fraction of sp³-hybridized carbons (Fsp3) is 0.0645. The molecule has 0 fully saturated rings. The standard InChI is InChI=1S/C31H22O7S2/c1-17(3-13-27-18(2)23-9-5-19-15-21(32)7-11-24(19)30(23)39(27,35)36)4-14-28-29(34)26-10-6-20-16-22(33)8-12-25(20)31(26)40(28,37)38/h3-16,32-33H,1-2H3/b13-3+,17-4+,28-14-. The third-order valence-corrected chi connectivity index (χ3v) is 11.1. The second-order valence-corrected chi connectivity index (χ2v) is 13.5. The molecule has 0 radical (unpaired) electrons. The van der Waals surface area contributed by atoms with E-state index in [0.717, 1.165) is 0 Å². The molecule has 0 aliphatic carbocycles. The van der Waals surface area contributed by atoms with Gasteiger partial charge < -0.3 is 10.2 Å². The zero-order valence-corrected chi connectivity index (χ0v) is 23.0. The van der Waals surface area contributed by atoms with Gasteiger partial charge in [0, 0.05) is 16.3 Å². The van der Waals surface area contributed by atoms with Crippen molar-refractivity contribution in [2.75, 3.05) is 0 Å². The van der Waals surface area contributed by atoms with Crippen LogP contribution in [0.2, 0.25) is 0 Å². The van der Waals surface area contributed by atoms with Gasteiger partial charge in [0.25, 0.3) is 0 Å². The first kappa shape index (κ1) is 25.8. The van der Waals surface area contributed by atoms with E-state index >= 15 is 0 Å². The van der Waals surface area contributed by atoms with Crippen molar-refractivity contribution in [3.63, 3.8) is 0 Å². The van der Waals surface area contributed by atoms with E-state index in [1.807, 2.05) is 0 Å². The number of phenolic OH excluding ortho intramolecular Hbond substituents is 2. The summed E-state index contributed by atoms with van der Waals surface area (Å²) in [5.41, 5.74) is 1.77. The number of benzene rings is 4. The fourth-order valence-electron chi connectivity index (χ4n) is 5.29. The van der Waals surface area contributed by atoms with E-state index in [1.165, 1.54) is 54.6 Å². The van der Waals surface area contributed by atoms with E-state index in [4.69, 9.17) is 0 Å². The maximum Gasteiger partial charge on any atom is 0.211 e. The first-order valence-corrected chi connectivity index (χ1v) is 15.2. The summed E-state index contributed by atoms with van der Waals surface area (Å²) < 4.78 is 53.7. The predicted octanol–water partition coefficient (Wildman–Crippen LogP) is 5.98. The summed E-state index contributed by atoms with van der Waals surface area (Å²) in [6.07, 6.45) is 5.73. The molecule has 2 aliphatic rings. The average Bonchev–Trinajstić information content (AvgIpc) is 3.22. The van der Waals surface area contributed by atoms with Gasteiger partial charge >= 0.3 is 0 Å². The Bertz CT molecular complexity index is 2180. The number of ketones is 1. The molecule has 2 N–H and O–H groups in total. The lowest BCUT2D eigenvalue weighted by atomic mass is 10.0. The molecule has 0 saturated heterocycles. The van der Waals surface area contributed by atoms with Gasteiger partial charge in [0.2, 0.25) is 25.5 Å². The Labute approximate surface area is 230 Å². The summed E-state index contributed by atoms with van der Waals surface area (Å²) in [6.45, 7) is 3.40. The van der Waals surface area contributed by atoms with Crippen molar-refractivity contribution in [2.45, 2.75) is 23.6 Å². The van der Waals surface area contributed by atoms with Crippen LogP contribution in [-0.4, -0.2) is 32.8 Å². The van der Waals surface area contributed by atoms with Crippen molar-refractivity contribution in [2.24, 2.45) is 0 Å². The molecule has 9 heteroatoms.